The highest BCUT2D eigenvalue weighted by molar-refractivity contribution is 5.90. The predicted molar refractivity (Wildman–Crippen MR) is 89.7 cm³/mol. The van der Waals surface area contributed by atoms with Crippen LogP contribution in [0.5, 0.6) is 0 Å². The highest BCUT2D eigenvalue weighted by Gasteiger charge is 2.23. The molecule has 1 N–H and O–H groups in total. The summed E-state index contributed by atoms with van der Waals surface area (Å²) in [6, 6.07) is 16.4. The van der Waals surface area contributed by atoms with Gasteiger partial charge in [-0.15, -0.1) is 0 Å². The Morgan fingerprint density at radius 1 is 0.875 bits per heavy atom. The van der Waals surface area contributed by atoms with Gasteiger partial charge in [-0.1, -0.05) is 42.5 Å². The molecular formula is C20H12F2N2. The predicted octanol–water partition coefficient (Wildman–Crippen LogP) is 5.08. The van der Waals surface area contributed by atoms with E-state index in [2.05, 4.69) is 28.2 Å². The van der Waals surface area contributed by atoms with Gasteiger partial charge in [0.2, 0.25) is 0 Å². The summed E-state index contributed by atoms with van der Waals surface area (Å²) < 4.78 is 27.4. The first-order valence-corrected chi connectivity index (χ1v) is 7.76. The largest absolute Gasteiger partial charge is 0.338 e. The molecule has 0 atom stereocenters. The summed E-state index contributed by atoms with van der Waals surface area (Å²) >= 11 is 0. The molecule has 1 aromatic heterocycles. The quantitative estimate of drug-likeness (QED) is 0.459. The topological polar surface area (TPSA) is 28.7 Å². The maximum absolute atomic E-state index is 14.0. The second kappa shape index (κ2) is 4.74. The summed E-state index contributed by atoms with van der Waals surface area (Å²) in [6.45, 7) is 0. The normalized spacial score (nSPS) is 12.4. The molecule has 3 aromatic carbocycles. The average Bonchev–Trinajstić information content (AvgIpc) is 3.15. The second-order valence-electron chi connectivity index (χ2n) is 6.04. The molecule has 4 heteroatoms. The van der Waals surface area contributed by atoms with Crippen LogP contribution in [0.2, 0.25) is 0 Å². The Morgan fingerprint density at radius 2 is 1.67 bits per heavy atom. The molecule has 2 nitrogen and oxygen atoms in total. The van der Waals surface area contributed by atoms with E-state index >= 15 is 0 Å². The maximum Gasteiger partial charge on any atom is 0.153 e. The third-order valence-corrected chi connectivity index (χ3v) is 4.58. The van der Waals surface area contributed by atoms with Crippen LogP contribution < -0.4 is 0 Å². The number of fused-ring (bicyclic) bond motifs is 4. The van der Waals surface area contributed by atoms with Gasteiger partial charge in [0.1, 0.15) is 17.2 Å². The van der Waals surface area contributed by atoms with Crippen LogP contribution in [-0.2, 0) is 6.42 Å². The van der Waals surface area contributed by atoms with E-state index in [0.717, 1.165) is 23.6 Å². The standard InChI is InChI=1S/C20H12F2N2/c21-13-9-16(22)19-17(10-13)23-20(24-19)15-7-3-5-12-8-11-4-1-2-6-14(11)18(12)15/h1-7,9-10H,8H2,(H,23,24). The zero-order valence-electron chi connectivity index (χ0n) is 12.6. The van der Waals surface area contributed by atoms with Crippen LogP contribution >= 0.6 is 0 Å². The molecule has 24 heavy (non-hydrogen) atoms. The Hall–Kier alpha value is -3.01. The minimum Gasteiger partial charge on any atom is -0.338 e. The Labute approximate surface area is 136 Å². The van der Waals surface area contributed by atoms with Gasteiger partial charge < -0.3 is 4.98 Å². The molecule has 116 valence electrons. The highest BCUT2D eigenvalue weighted by atomic mass is 19.1. The molecule has 0 saturated heterocycles. The van der Waals surface area contributed by atoms with Gasteiger partial charge in [0.25, 0.3) is 0 Å². The monoisotopic (exact) mass is 318 g/mol. The summed E-state index contributed by atoms with van der Waals surface area (Å²) in [4.78, 5) is 7.44. The molecule has 4 aromatic rings. The molecule has 1 aliphatic carbocycles. The van der Waals surface area contributed by atoms with E-state index in [1.165, 1.54) is 22.8 Å². The zero-order chi connectivity index (χ0) is 16.3. The maximum atomic E-state index is 14.0. The minimum atomic E-state index is -0.652. The Balaban J connectivity index is 1.78. The van der Waals surface area contributed by atoms with Gasteiger partial charge in [0, 0.05) is 11.6 Å². The number of nitrogens with zero attached hydrogens (tertiary/aromatic N) is 1. The molecule has 0 bridgehead atoms. The van der Waals surface area contributed by atoms with Gasteiger partial charge >= 0.3 is 0 Å². The van der Waals surface area contributed by atoms with Crippen molar-refractivity contribution in [3.63, 3.8) is 0 Å². The molecule has 0 aliphatic heterocycles. The van der Waals surface area contributed by atoms with E-state index in [9.17, 15) is 8.78 Å². The molecular weight excluding hydrogens is 306 g/mol. The molecule has 0 saturated carbocycles. The molecule has 0 fully saturated rings. The fraction of sp³-hybridized carbons (Fsp3) is 0.0500. The van der Waals surface area contributed by atoms with Gasteiger partial charge in [-0.25, -0.2) is 13.8 Å². The smallest absolute Gasteiger partial charge is 0.153 e. The fourth-order valence-corrected chi connectivity index (χ4v) is 3.56. The van der Waals surface area contributed by atoms with Crippen LogP contribution in [0.15, 0.2) is 54.6 Å². The van der Waals surface area contributed by atoms with Gasteiger partial charge in [0.05, 0.1) is 5.52 Å². The van der Waals surface area contributed by atoms with E-state index in [-0.39, 0.29) is 5.52 Å². The Kier molecular flexibility index (Phi) is 2.65. The molecule has 1 heterocycles. The molecule has 0 spiro atoms. The SMILES string of the molecule is Fc1cc(F)c2nc(-c3cccc4c3-c3ccccc3C4)[nH]c2c1. The van der Waals surface area contributed by atoms with Crippen LogP contribution in [0.1, 0.15) is 11.1 Å². The number of hydrogen-bond acceptors (Lipinski definition) is 1. The molecule has 0 radical (unpaired) electrons. The van der Waals surface area contributed by atoms with Crippen molar-refractivity contribution >= 4 is 11.0 Å². The zero-order valence-corrected chi connectivity index (χ0v) is 12.6. The lowest BCUT2D eigenvalue weighted by Crippen LogP contribution is -1.87. The third kappa shape index (κ3) is 1.83. The lowest BCUT2D eigenvalue weighted by atomic mass is 9.99. The van der Waals surface area contributed by atoms with Crippen molar-refractivity contribution in [2.45, 2.75) is 6.42 Å². The van der Waals surface area contributed by atoms with Crippen molar-refractivity contribution in [1.82, 2.24) is 9.97 Å². The average molecular weight is 318 g/mol. The van der Waals surface area contributed by atoms with E-state index < -0.39 is 11.6 Å². The number of benzene rings is 3. The first-order valence-electron chi connectivity index (χ1n) is 7.76. The van der Waals surface area contributed by atoms with Crippen molar-refractivity contribution in [2.75, 3.05) is 0 Å². The van der Waals surface area contributed by atoms with Gasteiger partial charge in [-0.05, 0) is 34.7 Å². The number of rotatable bonds is 1. The molecule has 0 amide bonds. The van der Waals surface area contributed by atoms with Gasteiger partial charge in [-0.2, -0.15) is 0 Å². The van der Waals surface area contributed by atoms with Crippen LogP contribution in [0.3, 0.4) is 0 Å². The lowest BCUT2D eigenvalue weighted by molar-refractivity contribution is 0.591. The number of hydrogen-bond donors (Lipinski definition) is 1. The summed E-state index contributed by atoms with van der Waals surface area (Å²) in [6.07, 6.45) is 0.878. The highest BCUT2D eigenvalue weighted by Crippen LogP contribution is 2.42. The number of aromatic amines is 1. The van der Waals surface area contributed by atoms with Crippen LogP contribution in [0.25, 0.3) is 33.5 Å². The van der Waals surface area contributed by atoms with Gasteiger partial charge in [0.15, 0.2) is 5.82 Å². The van der Waals surface area contributed by atoms with Crippen molar-refractivity contribution < 1.29 is 8.78 Å². The van der Waals surface area contributed by atoms with Crippen LogP contribution in [0.4, 0.5) is 8.78 Å². The molecule has 1 aliphatic rings. The number of aromatic nitrogens is 2. The molecule has 5 rings (SSSR count). The van der Waals surface area contributed by atoms with Crippen LogP contribution in [-0.4, -0.2) is 9.97 Å². The first-order chi connectivity index (χ1) is 11.7. The Bertz CT molecular complexity index is 1110. The molecule has 0 unspecified atom stereocenters. The van der Waals surface area contributed by atoms with Gasteiger partial charge in [-0.3, -0.25) is 0 Å². The summed E-state index contributed by atoms with van der Waals surface area (Å²) in [5.41, 5.74) is 6.23. The fourth-order valence-electron chi connectivity index (χ4n) is 3.56. The summed E-state index contributed by atoms with van der Waals surface area (Å²) in [7, 11) is 0. The second-order valence-corrected chi connectivity index (χ2v) is 6.04. The summed E-state index contributed by atoms with van der Waals surface area (Å²) in [5.74, 6) is -0.706. The van der Waals surface area contributed by atoms with E-state index in [4.69, 9.17) is 0 Å². The first kappa shape index (κ1) is 13.4. The van der Waals surface area contributed by atoms with E-state index in [1.54, 1.807) is 0 Å². The number of H-pyrrole nitrogens is 1. The lowest BCUT2D eigenvalue weighted by Gasteiger charge is -2.07. The van der Waals surface area contributed by atoms with Crippen molar-refractivity contribution in [2.24, 2.45) is 0 Å². The van der Waals surface area contributed by atoms with Crippen LogP contribution in [0, 0.1) is 11.6 Å². The van der Waals surface area contributed by atoms with Crippen molar-refractivity contribution in [3.05, 3.63) is 77.4 Å². The van der Waals surface area contributed by atoms with Crippen molar-refractivity contribution in [3.8, 4) is 22.5 Å². The third-order valence-electron chi connectivity index (χ3n) is 4.58. The number of nitrogens with one attached hydrogen (secondary N) is 1. The van der Waals surface area contributed by atoms with E-state index in [1.807, 2.05) is 24.3 Å². The van der Waals surface area contributed by atoms with E-state index in [0.29, 0.717) is 11.3 Å². The Morgan fingerprint density at radius 3 is 2.58 bits per heavy atom. The summed E-state index contributed by atoms with van der Waals surface area (Å²) in [5, 5.41) is 0. The minimum absolute atomic E-state index is 0.162. The number of imidazole rings is 1. The number of halogens is 2. The van der Waals surface area contributed by atoms with Crippen molar-refractivity contribution in [1.29, 1.82) is 0 Å².